The van der Waals surface area contributed by atoms with Crippen LogP contribution in [0.15, 0.2) is 60.2 Å². The molecule has 1 fully saturated rings. The first-order chi connectivity index (χ1) is 17.9. The number of nitrogens with zero attached hydrogens (tertiary/aromatic N) is 4. The molecule has 3 aromatic rings. The molecule has 4 rings (SSSR count). The van der Waals surface area contributed by atoms with E-state index >= 15 is 0 Å². The van der Waals surface area contributed by atoms with Crippen LogP contribution in [0.3, 0.4) is 0 Å². The Morgan fingerprint density at radius 3 is 1.95 bits per heavy atom. The Hall–Kier alpha value is -4.51. The maximum absolute atomic E-state index is 13.2. The Labute approximate surface area is 216 Å². The molecule has 0 unspecified atom stereocenters. The van der Waals surface area contributed by atoms with Crippen LogP contribution in [0.25, 0.3) is 11.8 Å². The summed E-state index contributed by atoms with van der Waals surface area (Å²) in [5.41, 5.74) is 4.35. The number of hydrogen-bond donors (Lipinski definition) is 0. The van der Waals surface area contributed by atoms with E-state index in [0.29, 0.717) is 37.5 Å². The number of ether oxygens (including phenoxy) is 2. The number of methoxy groups -OCH3 is 2. The number of aryl methyl sites for hydroxylation is 1. The molecule has 0 bridgehead atoms. The minimum Gasteiger partial charge on any atom is -0.497 e. The van der Waals surface area contributed by atoms with Gasteiger partial charge < -0.3 is 23.8 Å². The normalized spacial score (nSPS) is 13.8. The first kappa shape index (κ1) is 25.6. The average molecular weight is 499 g/mol. The summed E-state index contributed by atoms with van der Waals surface area (Å²) < 4.78 is 12.5. The van der Waals surface area contributed by atoms with Crippen LogP contribution in [0.2, 0.25) is 0 Å². The summed E-state index contributed by atoms with van der Waals surface area (Å²) in [6.07, 6.45) is 1.65. The molecule has 1 saturated heterocycles. The predicted octanol–water partition coefficient (Wildman–Crippen LogP) is 4.00. The molecular formula is C29H30N4O4. The molecule has 0 N–H and O–H groups in total. The van der Waals surface area contributed by atoms with Gasteiger partial charge in [-0.1, -0.05) is 0 Å². The fourth-order valence-electron chi connectivity index (χ4n) is 4.56. The average Bonchev–Trinajstić information content (AvgIpc) is 3.23. The summed E-state index contributed by atoms with van der Waals surface area (Å²) in [4.78, 5) is 29.4. The van der Waals surface area contributed by atoms with E-state index in [1.165, 1.54) is 0 Å². The van der Waals surface area contributed by atoms with Crippen molar-refractivity contribution in [1.29, 1.82) is 5.26 Å². The van der Waals surface area contributed by atoms with E-state index in [2.05, 4.69) is 10.6 Å². The largest absolute Gasteiger partial charge is 0.497 e. The number of aromatic nitrogens is 1. The number of rotatable bonds is 6. The Morgan fingerprint density at radius 2 is 1.41 bits per heavy atom. The van der Waals surface area contributed by atoms with Crippen LogP contribution in [-0.4, -0.2) is 66.6 Å². The molecule has 2 amide bonds. The van der Waals surface area contributed by atoms with Crippen molar-refractivity contribution in [3.63, 3.8) is 0 Å². The van der Waals surface area contributed by atoms with Crippen molar-refractivity contribution in [2.24, 2.45) is 0 Å². The zero-order valence-electron chi connectivity index (χ0n) is 21.5. The highest BCUT2D eigenvalue weighted by atomic mass is 16.5. The lowest BCUT2D eigenvalue weighted by atomic mass is 10.1. The summed E-state index contributed by atoms with van der Waals surface area (Å²) in [6, 6.07) is 18.7. The van der Waals surface area contributed by atoms with Gasteiger partial charge in [0.25, 0.3) is 11.8 Å². The van der Waals surface area contributed by atoms with E-state index in [9.17, 15) is 14.9 Å². The minimum absolute atomic E-state index is 0.0740. The Kier molecular flexibility index (Phi) is 7.63. The van der Waals surface area contributed by atoms with E-state index in [0.717, 1.165) is 28.4 Å². The maximum atomic E-state index is 13.2. The number of amides is 2. The molecule has 8 nitrogen and oxygen atoms in total. The molecular weight excluding hydrogens is 468 g/mol. The van der Waals surface area contributed by atoms with Crippen LogP contribution in [0.4, 0.5) is 0 Å². The zero-order chi connectivity index (χ0) is 26.5. The minimum atomic E-state index is -0.326. The van der Waals surface area contributed by atoms with Gasteiger partial charge in [0, 0.05) is 48.8 Å². The van der Waals surface area contributed by atoms with E-state index < -0.39 is 0 Å². The van der Waals surface area contributed by atoms with Crippen molar-refractivity contribution >= 4 is 17.9 Å². The van der Waals surface area contributed by atoms with E-state index in [4.69, 9.17) is 9.47 Å². The highest BCUT2D eigenvalue weighted by Gasteiger charge is 2.27. The first-order valence-electron chi connectivity index (χ1n) is 12.0. The molecule has 8 heteroatoms. The molecule has 1 aliphatic rings. The molecule has 0 radical (unpaired) electrons. The lowest BCUT2D eigenvalue weighted by Crippen LogP contribution is -2.50. The Morgan fingerprint density at radius 1 is 0.865 bits per heavy atom. The van der Waals surface area contributed by atoms with Gasteiger partial charge in [0.15, 0.2) is 0 Å². The monoisotopic (exact) mass is 498 g/mol. The van der Waals surface area contributed by atoms with Gasteiger partial charge >= 0.3 is 0 Å². The lowest BCUT2D eigenvalue weighted by Gasteiger charge is -2.34. The lowest BCUT2D eigenvalue weighted by molar-refractivity contribution is -0.128. The fraction of sp³-hybridized carbons (Fsp3) is 0.276. The first-order valence-corrected chi connectivity index (χ1v) is 12.0. The van der Waals surface area contributed by atoms with Gasteiger partial charge in [0.1, 0.15) is 23.1 Å². The third-order valence-corrected chi connectivity index (χ3v) is 6.64. The van der Waals surface area contributed by atoms with Crippen molar-refractivity contribution < 1.29 is 19.1 Å². The van der Waals surface area contributed by atoms with Gasteiger partial charge in [-0.3, -0.25) is 9.59 Å². The Balaban J connectivity index is 1.46. The highest BCUT2D eigenvalue weighted by molar-refractivity contribution is 6.02. The molecule has 1 aromatic heterocycles. The van der Waals surface area contributed by atoms with Crippen LogP contribution in [0.5, 0.6) is 11.5 Å². The van der Waals surface area contributed by atoms with Crippen LogP contribution in [0.1, 0.15) is 27.3 Å². The smallest absolute Gasteiger partial charge is 0.264 e. The molecule has 2 aromatic carbocycles. The fourth-order valence-corrected chi connectivity index (χ4v) is 4.56. The quantitative estimate of drug-likeness (QED) is 0.379. The molecule has 0 spiro atoms. The van der Waals surface area contributed by atoms with E-state index in [1.807, 2.05) is 44.2 Å². The number of carbonyl (C=O) groups is 2. The number of carbonyl (C=O) groups excluding carboxylic acids is 2. The van der Waals surface area contributed by atoms with Crippen molar-refractivity contribution in [2.75, 3.05) is 40.4 Å². The van der Waals surface area contributed by atoms with Crippen LogP contribution in [-0.2, 0) is 4.79 Å². The molecule has 0 saturated carbocycles. The van der Waals surface area contributed by atoms with Crippen molar-refractivity contribution in [1.82, 2.24) is 14.4 Å². The van der Waals surface area contributed by atoms with Gasteiger partial charge in [-0.2, -0.15) is 5.26 Å². The van der Waals surface area contributed by atoms with E-state index in [1.54, 1.807) is 54.4 Å². The molecule has 190 valence electrons. The summed E-state index contributed by atoms with van der Waals surface area (Å²) in [5, 5.41) is 9.80. The summed E-state index contributed by atoms with van der Waals surface area (Å²) in [5.74, 6) is 1.05. The third kappa shape index (κ3) is 5.36. The van der Waals surface area contributed by atoms with Crippen LogP contribution < -0.4 is 9.47 Å². The molecule has 2 heterocycles. The zero-order valence-corrected chi connectivity index (χ0v) is 21.5. The second-order valence-corrected chi connectivity index (χ2v) is 8.84. The second kappa shape index (κ2) is 11.0. The van der Waals surface area contributed by atoms with E-state index in [-0.39, 0.29) is 17.4 Å². The molecule has 0 aliphatic carbocycles. The second-order valence-electron chi connectivity index (χ2n) is 8.84. The van der Waals surface area contributed by atoms with Crippen molar-refractivity contribution in [3.8, 4) is 23.3 Å². The number of hydrogen-bond acceptors (Lipinski definition) is 5. The number of nitriles is 1. The topological polar surface area (TPSA) is 87.8 Å². The van der Waals surface area contributed by atoms with Crippen molar-refractivity contribution in [3.05, 3.63) is 82.7 Å². The van der Waals surface area contributed by atoms with Gasteiger partial charge in [0.05, 0.1) is 14.2 Å². The summed E-state index contributed by atoms with van der Waals surface area (Å²) >= 11 is 0. The standard InChI is InChI=1S/C29H30N4O4/c1-20-17-23(21(2)33(20)25-7-11-27(37-4)12-8-25)18-24(19-30)29(35)32-15-13-31(14-16-32)28(34)22-5-9-26(36-3)10-6-22/h5-12,17-18H,13-16H2,1-4H3/b24-18+. The Bertz CT molecular complexity index is 1360. The van der Waals surface area contributed by atoms with Gasteiger partial charge in [-0.15, -0.1) is 0 Å². The maximum Gasteiger partial charge on any atom is 0.264 e. The molecule has 0 atom stereocenters. The summed E-state index contributed by atoms with van der Waals surface area (Å²) in [7, 11) is 3.21. The van der Waals surface area contributed by atoms with Crippen LogP contribution >= 0.6 is 0 Å². The predicted molar refractivity (Wildman–Crippen MR) is 141 cm³/mol. The molecule has 37 heavy (non-hydrogen) atoms. The third-order valence-electron chi connectivity index (χ3n) is 6.64. The van der Waals surface area contributed by atoms with Gasteiger partial charge in [-0.05, 0) is 80.1 Å². The number of piperazine rings is 1. The van der Waals surface area contributed by atoms with Gasteiger partial charge in [0.2, 0.25) is 0 Å². The number of benzene rings is 2. The van der Waals surface area contributed by atoms with Crippen molar-refractivity contribution in [2.45, 2.75) is 13.8 Å². The van der Waals surface area contributed by atoms with Crippen LogP contribution in [0, 0.1) is 25.2 Å². The highest BCUT2D eigenvalue weighted by Crippen LogP contribution is 2.25. The summed E-state index contributed by atoms with van der Waals surface area (Å²) in [6.45, 7) is 5.49. The SMILES string of the molecule is COc1ccc(C(=O)N2CCN(C(=O)/C(C#N)=C/c3cc(C)n(-c4ccc(OC)cc4)c3C)CC2)cc1. The van der Waals surface area contributed by atoms with Gasteiger partial charge in [-0.25, -0.2) is 0 Å². The molecule has 1 aliphatic heterocycles.